The number of primary amides is 1. The Morgan fingerprint density at radius 3 is 2.61 bits per heavy atom. The highest BCUT2D eigenvalue weighted by atomic mass is 35.5. The molecule has 3 amide bonds. The minimum Gasteiger partial charge on any atom is -0.351 e. The number of amides is 3. The number of rotatable bonds is 3. The molecule has 2 rings (SSSR count). The molecule has 0 aromatic rings. The van der Waals surface area contributed by atoms with Gasteiger partial charge in [0.05, 0.1) is 0 Å². The molecule has 0 bridgehead atoms. The summed E-state index contributed by atoms with van der Waals surface area (Å²) in [6, 6.07) is -0.459. The molecule has 6 nitrogen and oxygen atoms in total. The third-order valence-corrected chi connectivity index (χ3v) is 3.91. The second kappa shape index (κ2) is 6.36. The first kappa shape index (κ1) is 15.2. The lowest BCUT2D eigenvalue weighted by atomic mass is 9.98. The highest BCUT2D eigenvalue weighted by molar-refractivity contribution is 5.93. The first-order valence-electron chi connectivity index (χ1n) is 6.13. The molecule has 0 aromatic carbocycles. The van der Waals surface area contributed by atoms with Gasteiger partial charge in [0.15, 0.2) is 0 Å². The van der Waals surface area contributed by atoms with Crippen LogP contribution >= 0.6 is 12.4 Å². The summed E-state index contributed by atoms with van der Waals surface area (Å²) in [4.78, 5) is 24.0. The Hall–Kier alpha value is -0.850. The molecule has 5 N–H and O–H groups in total. The van der Waals surface area contributed by atoms with Gasteiger partial charge in [0.25, 0.3) is 0 Å². The molecule has 3 unspecified atom stereocenters. The molecule has 0 aromatic heterocycles. The van der Waals surface area contributed by atoms with Crippen LogP contribution in [0.5, 0.6) is 0 Å². The fourth-order valence-corrected chi connectivity index (χ4v) is 3.04. The van der Waals surface area contributed by atoms with E-state index in [-0.39, 0.29) is 18.3 Å². The van der Waals surface area contributed by atoms with Gasteiger partial charge in [0, 0.05) is 32.1 Å². The zero-order valence-corrected chi connectivity index (χ0v) is 11.1. The van der Waals surface area contributed by atoms with Gasteiger partial charge >= 0.3 is 6.03 Å². The molecule has 2 aliphatic rings. The predicted octanol–water partition coefficient (Wildman–Crippen LogP) is -0.338. The maximum absolute atomic E-state index is 11.3. The second-order valence-corrected chi connectivity index (χ2v) is 5.09. The summed E-state index contributed by atoms with van der Waals surface area (Å²) in [6.45, 7) is 2.69. The SMILES string of the molecule is Cl.NC(=O)NC(=O)CCN1CC2CCC(N)C2C1. The minimum absolute atomic E-state index is 0. The van der Waals surface area contributed by atoms with E-state index in [0.29, 0.717) is 30.8 Å². The number of carbonyl (C=O) groups excluding carboxylic acids is 2. The topological polar surface area (TPSA) is 101 Å². The number of imide groups is 1. The summed E-state index contributed by atoms with van der Waals surface area (Å²) in [7, 11) is 0. The van der Waals surface area contributed by atoms with Crippen LogP contribution in [0.25, 0.3) is 0 Å². The molecule has 1 aliphatic heterocycles. The van der Waals surface area contributed by atoms with Crippen LogP contribution in [0.4, 0.5) is 4.79 Å². The van der Waals surface area contributed by atoms with Crippen molar-refractivity contribution in [1.82, 2.24) is 10.2 Å². The number of halogens is 1. The quantitative estimate of drug-likeness (QED) is 0.656. The lowest BCUT2D eigenvalue weighted by molar-refractivity contribution is -0.120. The average molecular weight is 277 g/mol. The molecular formula is C11H21ClN4O2. The van der Waals surface area contributed by atoms with Crippen LogP contribution in [0, 0.1) is 11.8 Å². The van der Waals surface area contributed by atoms with Gasteiger partial charge in [0.2, 0.25) is 5.91 Å². The summed E-state index contributed by atoms with van der Waals surface area (Å²) < 4.78 is 0. The van der Waals surface area contributed by atoms with Crippen LogP contribution in [0.15, 0.2) is 0 Å². The first-order valence-corrected chi connectivity index (χ1v) is 6.13. The van der Waals surface area contributed by atoms with Crippen molar-refractivity contribution in [3.05, 3.63) is 0 Å². The Balaban J connectivity index is 0.00000162. The van der Waals surface area contributed by atoms with Crippen LogP contribution in [0.2, 0.25) is 0 Å². The van der Waals surface area contributed by atoms with E-state index in [0.717, 1.165) is 19.5 Å². The lowest BCUT2D eigenvalue weighted by Crippen LogP contribution is -2.37. The van der Waals surface area contributed by atoms with Gasteiger partial charge < -0.3 is 16.4 Å². The van der Waals surface area contributed by atoms with Gasteiger partial charge in [0.1, 0.15) is 0 Å². The number of urea groups is 1. The molecule has 3 atom stereocenters. The Morgan fingerprint density at radius 2 is 2.00 bits per heavy atom. The summed E-state index contributed by atoms with van der Waals surface area (Å²) >= 11 is 0. The van der Waals surface area contributed by atoms with E-state index in [1.165, 1.54) is 6.42 Å². The van der Waals surface area contributed by atoms with Crippen LogP contribution in [-0.2, 0) is 4.79 Å². The fraction of sp³-hybridized carbons (Fsp3) is 0.818. The average Bonchev–Trinajstić information content (AvgIpc) is 2.77. The van der Waals surface area contributed by atoms with E-state index in [4.69, 9.17) is 11.5 Å². The van der Waals surface area contributed by atoms with Crippen molar-refractivity contribution in [3.8, 4) is 0 Å². The van der Waals surface area contributed by atoms with Crippen molar-refractivity contribution in [2.75, 3.05) is 19.6 Å². The Morgan fingerprint density at radius 1 is 1.28 bits per heavy atom. The van der Waals surface area contributed by atoms with E-state index in [9.17, 15) is 9.59 Å². The van der Waals surface area contributed by atoms with Crippen LogP contribution < -0.4 is 16.8 Å². The third kappa shape index (κ3) is 3.57. The van der Waals surface area contributed by atoms with Gasteiger partial charge in [-0.1, -0.05) is 0 Å². The molecule has 2 fully saturated rings. The van der Waals surface area contributed by atoms with E-state index >= 15 is 0 Å². The predicted molar refractivity (Wildman–Crippen MR) is 70.2 cm³/mol. The monoisotopic (exact) mass is 276 g/mol. The van der Waals surface area contributed by atoms with Gasteiger partial charge in [-0.3, -0.25) is 10.1 Å². The first-order chi connectivity index (χ1) is 8.06. The number of carbonyl (C=O) groups is 2. The fourth-order valence-electron chi connectivity index (χ4n) is 3.04. The summed E-state index contributed by atoms with van der Waals surface area (Å²) in [5.74, 6) is 0.984. The highest BCUT2D eigenvalue weighted by Crippen LogP contribution is 2.36. The number of nitrogens with one attached hydrogen (secondary N) is 1. The number of likely N-dealkylation sites (tertiary alicyclic amines) is 1. The molecule has 1 aliphatic carbocycles. The van der Waals surface area contributed by atoms with E-state index in [1.54, 1.807) is 0 Å². The summed E-state index contributed by atoms with van der Waals surface area (Å²) in [6.07, 6.45) is 2.65. The summed E-state index contributed by atoms with van der Waals surface area (Å²) in [5, 5.41) is 2.07. The van der Waals surface area contributed by atoms with Gasteiger partial charge in [-0.05, 0) is 24.7 Å². The van der Waals surface area contributed by atoms with Crippen molar-refractivity contribution in [2.45, 2.75) is 25.3 Å². The Labute approximate surface area is 113 Å². The number of hydrogen-bond donors (Lipinski definition) is 3. The maximum Gasteiger partial charge on any atom is 0.318 e. The number of nitrogens with zero attached hydrogens (tertiary/aromatic N) is 1. The molecule has 7 heteroatoms. The van der Waals surface area contributed by atoms with Crippen LogP contribution in [0.3, 0.4) is 0 Å². The minimum atomic E-state index is -0.782. The Bertz CT molecular complexity index is 326. The van der Waals surface area contributed by atoms with Gasteiger partial charge in [-0.25, -0.2) is 4.79 Å². The molecule has 0 radical (unpaired) electrons. The largest absolute Gasteiger partial charge is 0.351 e. The second-order valence-electron chi connectivity index (χ2n) is 5.09. The number of fused-ring (bicyclic) bond motifs is 1. The lowest BCUT2D eigenvalue weighted by Gasteiger charge is -2.17. The van der Waals surface area contributed by atoms with Crippen LogP contribution in [-0.4, -0.2) is 42.5 Å². The van der Waals surface area contributed by atoms with Crippen molar-refractivity contribution in [2.24, 2.45) is 23.3 Å². The van der Waals surface area contributed by atoms with Gasteiger partial charge in [-0.15, -0.1) is 12.4 Å². The van der Waals surface area contributed by atoms with E-state index < -0.39 is 6.03 Å². The molecule has 104 valence electrons. The molecule has 0 spiro atoms. The molecule has 18 heavy (non-hydrogen) atoms. The zero-order chi connectivity index (χ0) is 12.4. The Kier molecular flexibility index (Phi) is 5.37. The van der Waals surface area contributed by atoms with Crippen molar-refractivity contribution < 1.29 is 9.59 Å². The smallest absolute Gasteiger partial charge is 0.318 e. The normalized spacial score (nSPS) is 30.6. The van der Waals surface area contributed by atoms with Crippen molar-refractivity contribution >= 4 is 24.3 Å². The van der Waals surface area contributed by atoms with Gasteiger partial charge in [-0.2, -0.15) is 0 Å². The molecular weight excluding hydrogens is 256 g/mol. The number of hydrogen-bond acceptors (Lipinski definition) is 4. The standard InChI is InChI=1S/C11H20N4O2.ClH/c12-9-2-1-7-5-15(6-8(7)9)4-3-10(16)14-11(13)17;/h7-9H,1-6,12H2,(H3,13,14,16,17);1H. The third-order valence-electron chi connectivity index (χ3n) is 3.91. The van der Waals surface area contributed by atoms with Crippen molar-refractivity contribution in [1.29, 1.82) is 0 Å². The highest BCUT2D eigenvalue weighted by Gasteiger charge is 2.40. The molecule has 1 saturated carbocycles. The van der Waals surface area contributed by atoms with Crippen LogP contribution in [0.1, 0.15) is 19.3 Å². The molecule has 1 saturated heterocycles. The van der Waals surface area contributed by atoms with E-state index in [1.807, 2.05) is 0 Å². The van der Waals surface area contributed by atoms with E-state index in [2.05, 4.69) is 10.2 Å². The maximum atomic E-state index is 11.3. The molecule has 1 heterocycles. The number of nitrogens with two attached hydrogens (primary N) is 2. The van der Waals surface area contributed by atoms with Crippen molar-refractivity contribution in [3.63, 3.8) is 0 Å². The summed E-state index contributed by atoms with van der Waals surface area (Å²) in [5.41, 5.74) is 10.9. The zero-order valence-electron chi connectivity index (χ0n) is 10.3.